The fourth-order valence-electron chi connectivity index (χ4n) is 2.56. The summed E-state index contributed by atoms with van der Waals surface area (Å²) < 4.78 is 5.22. The Hall–Kier alpha value is -1.61. The number of fused-ring (bicyclic) bond motifs is 3. The van der Waals surface area contributed by atoms with Crippen molar-refractivity contribution in [1.82, 2.24) is 0 Å². The highest BCUT2D eigenvalue weighted by Gasteiger charge is 2.23. The largest absolute Gasteiger partial charge is 0.461 e. The minimum absolute atomic E-state index is 0.232. The molecule has 0 N–H and O–H groups in total. The zero-order chi connectivity index (χ0) is 13.2. The van der Waals surface area contributed by atoms with Crippen molar-refractivity contribution in [2.24, 2.45) is 0 Å². The summed E-state index contributed by atoms with van der Waals surface area (Å²) in [4.78, 5) is 12.1. The Morgan fingerprint density at radius 3 is 2.74 bits per heavy atom. The number of benzene rings is 2. The van der Waals surface area contributed by atoms with Gasteiger partial charge in [0, 0.05) is 5.33 Å². The molecule has 0 fully saturated rings. The van der Waals surface area contributed by atoms with Crippen LogP contribution < -0.4 is 0 Å². The van der Waals surface area contributed by atoms with Crippen LogP contribution in [0.4, 0.5) is 0 Å². The molecule has 0 radical (unpaired) electrons. The topological polar surface area (TPSA) is 26.3 Å². The van der Waals surface area contributed by atoms with E-state index in [0.29, 0.717) is 17.5 Å². The monoisotopic (exact) mass is 316 g/mol. The number of hydrogen-bond acceptors (Lipinski definition) is 2. The summed E-state index contributed by atoms with van der Waals surface area (Å²) in [7, 11) is 0. The second kappa shape index (κ2) is 5.17. The van der Waals surface area contributed by atoms with Crippen LogP contribution >= 0.6 is 15.9 Å². The van der Waals surface area contributed by atoms with Gasteiger partial charge in [-0.05, 0) is 34.7 Å². The molecule has 1 aliphatic carbocycles. The van der Waals surface area contributed by atoms with Crippen molar-refractivity contribution in [3.63, 3.8) is 0 Å². The number of alkyl halides is 1. The fourth-order valence-corrected chi connectivity index (χ4v) is 2.72. The Morgan fingerprint density at radius 2 is 1.89 bits per heavy atom. The maximum absolute atomic E-state index is 12.1. The number of halogens is 1. The average Bonchev–Trinajstić information content (AvgIpc) is 2.83. The van der Waals surface area contributed by atoms with E-state index in [9.17, 15) is 4.79 Å². The van der Waals surface area contributed by atoms with Crippen LogP contribution in [-0.2, 0) is 11.2 Å². The second-order valence-corrected chi connectivity index (χ2v) is 5.28. The van der Waals surface area contributed by atoms with Gasteiger partial charge in [0.2, 0.25) is 0 Å². The molecule has 0 saturated carbocycles. The Morgan fingerprint density at radius 1 is 1.11 bits per heavy atom. The minimum Gasteiger partial charge on any atom is -0.461 e. The summed E-state index contributed by atoms with van der Waals surface area (Å²) in [6.45, 7) is 0.398. The summed E-state index contributed by atoms with van der Waals surface area (Å²) in [5, 5.41) is 0.661. The average molecular weight is 317 g/mol. The fraction of sp³-hybridized carbons (Fsp3) is 0.188. The van der Waals surface area contributed by atoms with Gasteiger partial charge in [0.05, 0.1) is 5.56 Å². The van der Waals surface area contributed by atoms with E-state index in [1.54, 1.807) is 0 Å². The van der Waals surface area contributed by atoms with Gasteiger partial charge in [0.15, 0.2) is 0 Å². The van der Waals surface area contributed by atoms with Crippen LogP contribution in [0.1, 0.15) is 21.5 Å². The van der Waals surface area contributed by atoms with E-state index >= 15 is 0 Å². The van der Waals surface area contributed by atoms with Gasteiger partial charge >= 0.3 is 5.97 Å². The number of rotatable bonds is 3. The third-order valence-electron chi connectivity index (χ3n) is 3.38. The van der Waals surface area contributed by atoms with E-state index in [0.717, 1.165) is 17.5 Å². The van der Waals surface area contributed by atoms with E-state index in [2.05, 4.69) is 34.1 Å². The number of ether oxygens (including phenoxy) is 1. The molecule has 96 valence electrons. The van der Waals surface area contributed by atoms with E-state index in [1.165, 1.54) is 11.1 Å². The molecule has 3 rings (SSSR count). The first-order chi connectivity index (χ1) is 9.31. The van der Waals surface area contributed by atoms with Gasteiger partial charge in [0.25, 0.3) is 0 Å². The highest BCUT2D eigenvalue weighted by atomic mass is 79.9. The quantitative estimate of drug-likeness (QED) is 0.542. The number of hydrogen-bond donors (Lipinski definition) is 0. The Kier molecular flexibility index (Phi) is 3.38. The smallest absolute Gasteiger partial charge is 0.338 e. The molecule has 0 bridgehead atoms. The van der Waals surface area contributed by atoms with Crippen molar-refractivity contribution in [3.8, 4) is 11.1 Å². The first-order valence-electron chi connectivity index (χ1n) is 6.24. The van der Waals surface area contributed by atoms with Crippen molar-refractivity contribution < 1.29 is 9.53 Å². The molecule has 0 spiro atoms. The zero-order valence-corrected chi connectivity index (χ0v) is 11.9. The highest BCUT2D eigenvalue weighted by Crippen LogP contribution is 2.38. The molecule has 2 aromatic rings. The molecule has 2 aromatic carbocycles. The lowest BCUT2D eigenvalue weighted by Crippen LogP contribution is -2.09. The molecule has 0 aliphatic heterocycles. The first kappa shape index (κ1) is 12.4. The SMILES string of the molecule is O=C(OCCBr)c1cccc2c1Cc1ccccc1-2. The zero-order valence-electron chi connectivity index (χ0n) is 10.4. The molecule has 0 saturated heterocycles. The Labute approximate surface area is 120 Å². The van der Waals surface area contributed by atoms with Crippen LogP contribution in [0.25, 0.3) is 11.1 Å². The van der Waals surface area contributed by atoms with Crippen molar-refractivity contribution >= 4 is 21.9 Å². The highest BCUT2D eigenvalue weighted by molar-refractivity contribution is 9.09. The molecular weight excluding hydrogens is 304 g/mol. The molecule has 19 heavy (non-hydrogen) atoms. The lowest BCUT2D eigenvalue weighted by Gasteiger charge is -2.07. The third kappa shape index (κ3) is 2.19. The maximum Gasteiger partial charge on any atom is 0.338 e. The van der Waals surface area contributed by atoms with E-state index < -0.39 is 0 Å². The summed E-state index contributed by atoms with van der Waals surface area (Å²) in [6, 6.07) is 14.1. The number of esters is 1. The summed E-state index contributed by atoms with van der Waals surface area (Å²) >= 11 is 3.26. The molecule has 0 heterocycles. The molecule has 0 aromatic heterocycles. The molecule has 0 unspecified atom stereocenters. The van der Waals surface area contributed by atoms with Crippen molar-refractivity contribution in [2.75, 3.05) is 11.9 Å². The van der Waals surface area contributed by atoms with Crippen LogP contribution in [0.3, 0.4) is 0 Å². The van der Waals surface area contributed by atoms with E-state index in [1.807, 2.05) is 24.3 Å². The van der Waals surface area contributed by atoms with Crippen LogP contribution in [0.2, 0.25) is 0 Å². The van der Waals surface area contributed by atoms with Gasteiger partial charge in [-0.25, -0.2) is 4.79 Å². The molecule has 2 nitrogen and oxygen atoms in total. The lowest BCUT2D eigenvalue weighted by molar-refractivity contribution is 0.0530. The number of carbonyl (C=O) groups excluding carboxylic acids is 1. The maximum atomic E-state index is 12.1. The summed E-state index contributed by atoms with van der Waals surface area (Å²) in [5.74, 6) is -0.232. The first-order valence-corrected chi connectivity index (χ1v) is 7.36. The van der Waals surface area contributed by atoms with Crippen molar-refractivity contribution in [3.05, 3.63) is 59.2 Å². The van der Waals surface area contributed by atoms with Gasteiger partial charge in [-0.15, -0.1) is 0 Å². The third-order valence-corrected chi connectivity index (χ3v) is 3.70. The van der Waals surface area contributed by atoms with Crippen LogP contribution in [0.5, 0.6) is 0 Å². The summed E-state index contributed by atoms with van der Waals surface area (Å²) in [5.41, 5.74) is 5.44. The normalized spacial score (nSPS) is 11.8. The van der Waals surface area contributed by atoms with Crippen molar-refractivity contribution in [2.45, 2.75) is 6.42 Å². The number of carbonyl (C=O) groups is 1. The van der Waals surface area contributed by atoms with Gasteiger partial charge < -0.3 is 4.74 Å². The van der Waals surface area contributed by atoms with Crippen LogP contribution in [0.15, 0.2) is 42.5 Å². The van der Waals surface area contributed by atoms with Gasteiger partial charge in [-0.2, -0.15) is 0 Å². The second-order valence-electron chi connectivity index (χ2n) is 4.49. The standard InChI is InChI=1S/C16H13BrO2/c17-8-9-19-16(18)14-7-3-6-13-12-5-2-1-4-11(12)10-15(13)14/h1-7H,8-10H2. The van der Waals surface area contributed by atoms with Gasteiger partial charge in [-0.1, -0.05) is 52.3 Å². The molecule has 1 aliphatic rings. The van der Waals surface area contributed by atoms with Crippen LogP contribution in [-0.4, -0.2) is 17.9 Å². The summed E-state index contributed by atoms with van der Waals surface area (Å²) in [6.07, 6.45) is 0.811. The molecule has 0 atom stereocenters. The van der Waals surface area contributed by atoms with Crippen LogP contribution in [0, 0.1) is 0 Å². The van der Waals surface area contributed by atoms with Gasteiger partial charge in [-0.3, -0.25) is 0 Å². The molecule has 0 amide bonds. The molecule has 3 heteroatoms. The van der Waals surface area contributed by atoms with Crippen molar-refractivity contribution in [1.29, 1.82) is 0 Å². The lowest BCUT2D eigenvalue weighted by atomic mass is 10.0. The van der Waals surface area contributed by atoms with E-state index in [4.69, 9.17) is 4.74 Å². The predicted molar refractivity (Wildman–Crippen MR) is 78.8 cm³/mol. The minimum atomic E-state index is -0.232. The van der Waals surface area contributed by atoms with E-state index in [-0.39, 0.29) is 5.97 Å². The molecular formula is C16H13BrO2. The predicted octanol–water partition coefficient (Wildman–Crippen LogP) is 3.81. The Balaban J connectivity index is 2.01. The van der Waals surface area contributed by atoms with Gasteiger partial charge in [0.1, 0.15) is 6.61 Å². The Bertz CT molecular complexity index is 634.